The highest BCUT2D eigenvalue weighted by molar-refractivity contribution is 5.92. The number of hydrogen-bond acceptors (Lipinski definition) is 2. The number of fused-ring (bicyclic) bond motifs is 4. The lowest BCUT2D eigenvalue weighted by molar-refractivity contribution is -0.128. The van der Waals surface area contributed by atoms with Crippen molar-refractivity contribution in [2.75, 3.05) is 0 Å². The molecule has 2 nitrogen and oxygen atoms in total. The molecule has 4 aliphatic rings. The van der Waals surface area contributed by atoms with Gasteiger partial charge in [0.25, 0.3) is 0 Å². The molecule has 4 rings (SSSR count). The van der Waals surface area contributed by atoms with E-state index in [4.69, 9.17) is 0 Å². The first-order chi connectivity index (χ1) is 9.58. The molecule has 0 radical (unpaired) electrons. The highest BCUT2D eigenvalue weighted by Crippen LogP contribution is 2.57. The fourth-order valence-electron chi connectivity index (χ4n) is 5.20. The predicted molar refractivity (Wildman–Crippen MR) is 77.1 cm³/mol. The summed E-state index contributed by atoms with van der Waals surface area (Å²) in [6.07, 6.45) is 11.1. The smallest absolute Gasteiger partial charge is 0.155 e. The highest BCUT2D eigenvalue weighted by Gasteiger charge is 2.53. The molecule has 20 heavy (non-hydrogen) atoms. The van der Waals surface area contributed by atoms with Gasteiger partial charge in [-0.25, -0.2) is 0 Å². The normalized spacial score (nSPS) is 43.4. The minimum atomic E-state index is -0.0479. The summed E-state index contributed by atoms with van der Waals surface area (Å²) in [5.41, 5.74) is 2.76. The maximum absolute atomic E-state index is 12.3. The van der Waals surface area contributed by atoms with Crippen molar-refractivity contribution in [3.8, 4) is 0 Å². The van der Waals surface area contributed by atoms with Gasteiger partial charge in [-0.15, -0.1) is 0 Å². The van der Waals surface area contributed by atoms with Gasteiger partial charge in [0.15, 0.2) is 5.78 Å². The van der Waals surface area contributed by atoms with Crippen molar-refractivity contribution in [3.63, 3.8) is 0 Å². The number of Topliss-reactive ketones (excluding diaryl/α,β-unsaturated/α-hetero) is 1. The molecular formula is C18H22O2. The second-order valence-corrected chi connectivity index (χ2v) is 7.39. The fourth-order valence-corrected chi connectivity index (χ4v) is 5.20. The van der Waals surface area contributed by atoms with Crippen LogP contribution in [0.2, 0.25) is 0 Å². The molecule has 0 N–H and O–H groups in total. The van der Waals surface area contributed by atoms with Crippen LogP contribution in [0.3, 0.4) is 0 Å². The van der Waals surface area contributed by atoms with Crippen LogP contribution in [0.25, 0.3) is 0 Å². The van der Waals surface area contributed by atoms with E-state index in [0.717, 1.165) is 32.1 Å². The quantitative estimate of drug-likeness (QED) is 0.673. The summed E-state index contributed by atoms with van der Waals surface area (Å²) in [5.74, 6) is 2.54. The average Bonchev–Trinajstić information content (AvgIpc) is 2.73. The molecule has 0 spiro atoms. The van der Waals surface area contributed by atoms with Crippen LogP contribution in [0, 0.1) is 23.2 Å². The molecule has 0 heterocycles. The van der Waals surface area contributed by atoms with Crippen LogP contribution in [0.5, 0.6) is 0 Å². The molecule has 0 aliphatic heterocycles. The van der Waals surface area contributed by atoms with Crippen molar-refractivity contribution >= 4 is 11.6 Å². The van der Waals surface area contributed by atoms with Gasteiger partial charge < -0.3 is 0 Å². The molecule has 0 bridgehead atoms. The van der Waals surface area contributed by atoms with E-state index in [9.17, 15) is 9.59 Å². The molecule has 0 amide bonds. The summed E-state index contributed by atoms with van der Waals surface area (Å²) < 4.78 is 0. The third-order valence-electron chi connectivity index (χ3n) is 6.46. The van der Waals surface area contributed by atoms with Gasteiger partial charge in [0, 0.05) is 18.3 Å². The number of allylic oxidation sites excluding steroid dienone is 4. The Morgan fingerprint density at radius 2 is 1.95 bits per heavy atom. The van der Waals surface area contributed by atoms with Gasteiger partial charge in [-0.2, -0.15) is 0 Å². The van der Waals surface area contributed by atoms with Crippen LogP contribution in [0.1, 0.15) is 51.9 Å². The van der Waals surface area contributed by atoms with Crippen molar-refractivity contribution in [3.05, 3.63) is 23.3 Å². The van der Waals surface area contributed by atoms with E-state index in [1.54, 1.807) is 0 Å². The predicted octanol–water partition coefficient (Wildman–Crippen LogP) is 3.62. The summed E-state index contributed by atoms with van der Waals surface area (Å²) in [4.78, 5) is 23.9. The molecule has 2 heteroatoms. The van der Waals surface area contributed by atoms with Crippen molar-refractivity contribution in [1.29, 1.82) is 0 Å². The highest BCUT2D eigenvalue weighted by atomic mass is 16.1. The minimum Gasteiger partial charge on any atom is -0.299 e. The monoisotopic (exact) mass is 270 g/mol. The van der Waals surface area contributed by atoms with Gasteiger partial charge >= 0.3 is 0 Å². The number of hydrogen-bond donors (Lipinski definition) is 0. The van der Waals surface area contributed by atoms with Gasteiger partial charge in [0.05, 0.1) is 0 Å². The van der Waals surface area contributed by atoms with Crippen molar-refractivity contribution in [2.24, 2.45) is 23.2 Å². The van der Waals surface area contributed by atoms with Gasteiger partial charge in [-0.3, -0.25) is 9.59 Å². The Bertz CT molecular complexity index is 554. The topological polar surface area (TPSA) is 34.1 Å². The first kappa shape index (κ1) is 12.6. The second kappa shape index (κ2) is 4.16. The Balaban J connectivity index is 1.71. The first-order valence-electron chi connectivity index (χ1n) is 8.06. The Morgan fingerprint density at radius 1 is 1.10 bits per heavy atom. The van der Waals surface area contributed by atoms with Gasteiger partial charge in [-0.1, -0.05) is 18.6 Å². The van der Waals surface area contributed by atoms with Crippen LogP contribution < -0.4 is 0 Å². The molecular weight excluding hydrogens is 248 g/mol. The van der Waals surface area contributed by atoms with Crippen molar-refractivity contribution in [2.45, 2.75) is 51.9 Å². The Kier molecular flexibility index (Phi) is 2.61. The third kappa shape index (κ3) is 1.63. The number of carbonyl (C=O) groups is 2. The van der Waals surface area contributed by atoms with Crippen LogP contribution in [0.15, 0.2) is 23.3 Å². The maximum Gasteiger partial charge on any atom is 0.155 e. The average molecular weight is 270 g/mol. The van der Waals surface area contributed by atoms with Crippen LogP contribution in [-0.4, -0.2) is 11.6 Å². The van der Waals surface area contributed by atoms with E-state index in [1.807, 2.05) is 6.08 Å². The standard InChI is InChI=1S/C18H22O2/c1-18-7-6-12-8-13-9-14(19)3-2-11(13)10-15(12)16(18)4-5-17(18)20/h8-9,11,15-16H,2-7,10H2,1H3. The molecule has 0 aromatic rings. The molecule has 4 aliphatic carbocycles. The zero-order valence-electron chi connectivity index (χ0n) is 12.2. The Hall–Kier alpha value is -1.18. The minimum absolute atomic E-state index is 0.0479. The number of carbonyl (C=O) groups excluding carboxylic acids is 2. The molecule has 0 aromatic heterocycles. The van der Waals surface area contributed by atoms with Gasteiger partial charge in [0.2, 0.25) is 0 Å². The van der Waals surface area contributed by atoms with E-state index in [2.05, 4.69) is 13.0 Å². The van der Waals surface area contributed by atoms with Crippen LogP contribution >= 0.6 is 0 Å². The Labute approximate surface area is 120 Å². The largest absolute Gasteiger partial charge is 0.299 e. The van der Waals surface area contributed by atoms with Crippen LogP contribution in [0.4, 0.5) is 0 Å². The third-order valence-corrected chi connectivity index (χ3v) is 6.46. The number of rotatable bonds is 0. The lowest BCUT2D eigenvalue weighted by Gasteiger charge is -2.46. The molecule has 4 atom stereocenters. The summed E-state index contributed by atoms with van der Waals surface area (Å²) in [7, 11) is 0. The van der Waals surface area contributed by atoms with E-state index in [-0.39, 0.29) is 5.41 Å². The Morgan fingerprint density at radius 3 is 2.80 bits per heavy atom. The van der Waals surface area contributed by atoms with E-state index in [0.29, 0.717) is 35.7 Å². The summed E-state index contributed by atoms with van der Waals surface area (Å²) in [6.45, 7) is 2.21. The van der Waals surface area contributed by atoms with Crippen molar-refractivity contribution in [1.82, 2.24) is 0 Å². The maximum atomic E-state index is 12.3. The number of ketones is 2. The zero-order chi connectivity index (χ0) is 13.9. The lowest BCUT2D eigenvalue weighted by Crippen LogP contribution is -2.40. The molecule has 106 valence electrons. The van der Waals surface area contributed by atoms with E-state index < -0.39 is 0 Å². The van der Waals surface area contributed by atoms with E-state index >= 15 is 0 Å². The summed E-state index contributed by atoms with van der Waals surface area (Å²) in [5, 5.41) is 0. The van der Waals surface area contributed by atoms with Gasteiger partial charge in [0.1, 0.15) is 5.78 Å². The molecule has 2 fully saturated rings. The lowest BCUT2D eigenvalue weighted by atomic mass is 9.57. The fraction of sp³-hybridized carbons (Fsp3) is 0.667. The zero-order valence-corrected chi connectivity index (χ0v) is 12.2. The van der Waals surface area contributed by atoms with Crippen LogP contribution in [-0.2, 0) is 9.59 Å². The van der Waals surface area contributed by atoms with E-state index in [1.165, 1.54) is 17.6 Å². The van der Waals surface area contributed by atoms with Crippen molar-refractivity contribution < 1.29 is 9.59 Å². The molecule has 0 saturated heterocycles. The first-order valence-corrected chi connectivity index (χ1v) is 8.06. The summed E-state index contributed by atoms with van der Waals surface area (Å²) in [6, 6.07) is 0. The summed E-state index contributed by atoms with van der Waals surface area (Å²) >= 11 is 0. The SMILES string of the molecule is CC12CCC3=CC4=CC(=O)CCC4CC3C1CCC2=O. The molecule has 4 unspecified atom stereocenters. The molecule has 0 aromatic carbocycles. The van der Waals surface area contributed by atoms with Gasteiger partial charge in [-0.05, 0) is 61.5 Å². The molecule has 2 saturated carbocycles. The second-order valence-electron chi connectivity index (χ2n) is 7.39.